The highest BCUT2D eigenvalue weighted by molar-refractivity contribution is 5.07. The zero-order chi connectivity index (χ0) is 9.64. The van der Waals surface area contributed by atoms with Gasteiger partial charge < -0.3 is 10.2 Å². The van der Waals surface area contributed by atoms with E-state index in [9.17, 15) is 5.11 Å². The molecule has 2 fully saturated rings. The second kappa shape index (κ2) is 2.96. The molecule has 0 amide bonds. The highest BCUT2D eigenvalue weighted by atomic mass is 16.3. The summed E-state index contributed by atoms with van der Waals surface area (Å²) in [5.41, 5.74) is 0.460. The maximum Gasteiger partial charge on any atom is 0.0593 e. The Balaban J connectivity index is 2.01. The molecule has 0 saturated heterocycles. The minimum absolute atomic E-state index is 0.142. The molecule has 13 heavy (non-hydrogen) atoms. The quantitative estimate of drug-likeness (QED) is 0.647. The highest BCUT2D eigenvalue weighted by Gasteiger charge is 2.58. The molecule has 2 aliphatic rings. The lowest BCUT2D eigenvalue weighted by atomic mass is 9.92. The van der Waals surface area contributed by atoms with Gasteiger partial charge in [-0.1, -0.05) is 13.8 Å². The molecule has 0 aromatic heterocycles. The first kappa shape index (κ1) is 9.47. The van der Waals surface area contributed by atoms with Crippen molar-refractivity contribution in [3.05, 3.63) is 0 Å². The van der Waals surface area contributed by atoms with Gasteiger partial charge in [0.25, 0.3) is 0 Å². The molecule has 0 aliphatic heterocycles. The molecule has 4 atom stereocenters. The number of hydrogen-bond donors (Lipinski definition) is 2. The first-order valence-corrected chi connectivity index (χ1v) is 5.36. The fraction of sp³-hybridized carbons (Fsp3) is 1.00. The van der Waals surface area contributed by atoms with Gasteiger partial charge in [0.1, 0.15) is 0 Å². The van der Waals surface area contributed by atoms with Gasteiger partial charge in [-0.2, -0.15) is 0 Å². The molecule has 0 radical (unpaired) electrons. The Morgan fingerprint density at radius 1 is 1.23 bits per heavy atom. The summed E-state index contributed by atoms with van der Waals surface area (Å²) in [6.07, 6.45) is 2.84. The van der Waals surface area contributed by atoms with Crippen molar-refractivity contribution in [3.8, 4) is 0 Å². The fourth-order valence-corrected chi connectivity index (χ4v) is 3.15. The van der Waals surface area contributed by atoms with Gasteiger partial charge >= 0.3 is 0 Å². The van der Waals surface area contributed by atoms with Crippen molar-refractivity contribution in [1.29, 1.82) is 0 Å². The zero-order valence-electron chi connectivity index (χ0n) is 8.53. The van der Waals surface area contributed by atoms with Gasteiger partial charge in [-0.3, -0.25) is 0 Å². The summed E-state index contributed by atoms with van der Waals surface area (Å²) in [7, 11) is 0. The van der Waals surface area contributed by atoms with Gasteiger partial charge in [0.2, 0.25) is 0 Å². The van der Waals surface area contributed by atoms with E-state index < -0.39 is 0 Å². The van der Waals surface area contributed by atoms with Crippen molar-refractivity contribution >= 4 is 0 Å². The van der Waals surface area contributed by atoms with E-state index in [0.29, 0.717) is 11.3 Å². The summed E-state index contributed by atoms with van der Waals surface area (Å²) in [6, 6.07) is 0. The van der Waals surface area contributed by atoms with Gasteiger partial charge in [-0.05, 0) is 36.5 Å². The van der Waals surface area contributed by atoms with E-state index >= 15 is 0 Å². The van der Waals surface area contributed by atoms with Crippen molar-refractivity contribution in [3.63, 3.8) is 0 Å². The van der Waals surface area contributed by atoms with Crippen molar-refractivity contribution in [1.82, 2.24) is 0 Å². The fourth-order valence-electron chi connectivity index (χ4n) is 3.15. The smallest absolute Gasteiger partial charge is 0.0593 e. The van der Waals surface area contributed by atoms with Gasteiger partial charge in [0.15, 0.2) is 0 Å². The zero-order valence-corrected chi connectivity index (χ0v) is 8.53. The summed E-state index contributed by atoms with van der Waals surface area (Å²) < 4.78 is 0. The van der Waals surface area contributed by atoms with E-state index in [1.165, 1.54) is 6.42 Å². The molecule has 0 spiro atoms. The first-order valence-electron chi connectivity index (χ1n) is 5.36. The molecule has 0 heterocycles. The lowest BCUT2D eigenvalue weighted by Crippen LogP contribution is -2.24. The molecule has 2 rings (SSSR count). The predicted molar refractivity (Wildman–Crippen MR) is 51.2 cm³/mol. The standard InChI is InChI=1S/C11H20O2/c1-11(2)8-4-3-7(6-12)10(13)5-9(8)11/h7-10,12-13H,3-6H2,1-2H3. The van der Waals surface area contributed by atoms with Crippen LogP contribution >= 0.6 is 0 Å². The second-order valence-electron chi connectivity index (χ2n) is 5.36. The normalized spacial score (nSPS) is 48.0. The highest BCUT2D eigenvalue weighted by Crippen LogP contribution is 2.64. The first-order chi connectivity index (χ1) is 6.07. The Morgan fingerprint density at radius 3 is 2.54 bits per heavy atom. The Labute approximate surface area is 80.0 Å². The monoisotopic (exact) mass is 184 g/mol. The Kier molecular flexibility index (Phi) is 2.16. The molecule has 2 nitrogen and oxygen atoms in total. The topological polar surface area (TPSA) is 40.5 Å². The maximum atomic E-state index is 9.82. The minimum Gasteiger partial charge on any atom is -0.396 e. The van der Waals surface area contributed by atoms with Crippen LogP contribution in [0.1, 0.15) is 33.1 Å². The van der Waals surface area contributed by atoms with E-state index in [4.69, 9.17) is 5.11 Å². The molecule has 2 aliphatic carbocycles. The van der Waals surface area contributed by atoms with Gasteiger partial charge in [0.05, 0.1) is 6.10 Å². The molecule has 2 N–H and O–H groups in total. The van der Waals surface area contributed by atoms with E-state index in [1.54, 1.807) is 0 Å². The van der Waals surface area contributed by atoms with Crippen LogP contribution in [0.5, 0.6) is 0 Å². The van der Waals surface area contributed by atoms with Crippen molar-refractivity contribution < 1.29 is 10.2 Å². The van der Waals surface area contributed by atoms with Crippen molar-refractivity contribution in [2.75, 3.05) is 6.61 Å². The molecule has 2 heteroatoms. The Morgan fingerprint density at radius 2 is 1.92 bits per heavy atom. The third kappa shape index (κ3) is 1.40. The number of fused-ring (bicyclic) bond motifs is 1. The van der Waals surface area contributed by atoms with Crippen LogP contribution in [0.4, 0.5) is 0 Å². The summed E-state index contributed by atoms with van der Waals surface area (Å²) in [6.45, 7) is 4.75. The lowest BCUT2D eigenvalue weighted by Gasteiger charge is -2.20. The number of aliphatic hydroxyl groups is 2. The van der Waals surface area contributed by atoms with Crippen LogP contribution in [0.2, 0.25) is 0 Å². The molecule has 76 valence electrons. The Bertz CT molecular complexity index is 200. The van der Waals surface area contributed by atoms with Crippen LogP contribution in [0.25, 0.3) is 0 Å². The molecular weight excluding hydrogens is 164 g/mol. The third-order valence-corrected chi connectivity index (χ3v) is 4.41. The van der Waals surface area contributed by atoms with Crippen LogP contribution in [0.3, 0.4) is 0 Å². The summed E-state index contributed by atoms with van der Waals surface area (Å²) >= 11 is 0. The number of aliphatic hydroxyl groups excluding tert-OH is 2. The molecular formula is C11H20O2. The summed E-state index contributed by atoms with van der Waals surface area (Å²) in [5.74, 6) is 1.65. The molecule has 2 saturated carbocycles. The van der Waals surface area contributed by atoms with Crippen molar-refractivity contribution in [2.45, 2.75) is 39.2 Å². The van der Waals surface area contributed by atoms with Gasteiger partial charge in [-0.15, -0.1) is 0 Å². The van der Waals surface area contributed by atoms with Crippen molar-refractivity contribution in [2.24, 2.45) is 23.2 Å². The van der Waals surface area contributed by atoms with E-state index in [1.807, 2.05) is 0 Å². The van der Waals surface area contributed by atoms with Crippen LogP contribution in [-0.2, 0) is 0 Å². The van der Waals surface area contributed by atoms with E-state index in [-0.39, 0.29) is 18.6 Å². The minimum atomic E-state index is -0.262. The van der Waals surface area contributed by atoms with Crippen LogP contribution < -0.4 is 0 Å². The van der Waals surface area contributed by atoms with Crippen LogP contribution in [-0.4, -0.2) is 22.9 Å². The molecule has 0 aromatic carbocycles. The number of rotatable bonds is 1. The van der Waals surface area contributed by atoms with Gasteiger partial charge in [0, 0.05) is 12.5 Å². The molecule has 0 bridgehead atoms. The van der Waals surface area contributed by atoms with E-state index in [2.05, 4.69) is 13.8 Å². The number of hydrogen-bond acceptors (Lipinski definition) is 2. The van der Waals surface area contributed by atoms with Crippen LogP contribution in [0.15, 0.2) is 0 Å². The summed E-state index contributed by atoms with van der Waals surface area (Å²) in [5, 5.41) is 18.9. The molecule has 0 aromatic rings. The SMILES string of the molecule is CC1(C)C2CCC(CO)C(O)CC21. The Hall–Kier alpha value is -0.0800. The van der Waals surface area contributed by atoms with Gasteiger partial charge in [-0.25, -0.2) is 0 Å². The summed E-state index contributed by atoms with van der Waals surface area (Å²) in [4.78, 5) is 0. The van der Waals surface area contributed by atoms with E-state index in [0.717, 1.165) is 18.8 Å². The second-order valence-corrected chi connectivity index (χ2v) is 5.36. The molecule has 4 unspecified atom stereocenters. The van der Waals surface area contributed by atoms with Crippen LogP contribution in [0, 0.1) is 23.2 Å². The maximum absolute atomic E-state index is 9.82. The predicted octanol–water partition coefficient (Wildman–Crippen LogP) is 1.41. The average Bonchev–Trinajstić information content (AvgIpc) is 2.63. The largest absolute Gasteiger partial charge is 0.396 e. The third-order valence-electron chi connectivity index (χ3n) is 4.41. The average molecular weight is 184 g/mol. The lowest BCUT2D eigenvalue weighted by molar-refractivity contribution is 0.0531.